The highest BCUT2D eigenvalue weighted by Gasteiger charge is 2.66. The van der Waals surface area contributed by atoms with Crippen molar-refractivity contribution in [1.29, 1.82) is 0 Å². The van der Waals surface area contributed by atoms with E-state index in [0.717, 1.165) is 32.1 Å². The smallest absolute Gasteiger partial charge is 0.161 e. The quantitative estimate of drug-likeness (QED) is 0.695. The van der Waals surface area contributed by atoms with Crippen LogP contribution < -0.4 is 5.73 Å². The number of rotatable bonds is 2. The van der Waals surface area contributed by atoms with Gasteiger partial charge < -0.3 is 15.9 Å². The number of carbonyl (C=O) groups excluding carboxylic acids is 2. The maximum Gasteiger partial charge on any atom is 0.161 e. The summed E-state index contributed by atoms with van der Waals surface area (Å²) >= 11 is 0. The average Bonchev–Trinajstić information content (AvgIpc) is 2.91. The Bertz CT molecular complexity index is 636. The first-order chi connectivity index (χ1) is 12.2. The van der Waals surface area contributed by atoms with E-state index >= 15 is 0 Å². The highest BCUT2D eigenvalue weighted by Crippen LogP contribution is 2.67. The fraction of sp³-hybridized carbons (Fsp3) is 0.905. The number of ketones is 2. The zero-order valence-corrected chi connectivity index (χ0v) is 16.0. The molecule has 8 atom stereocenters. The third-order valence-corrected chi connectivity index (χ3v) is 9.23. The Morgan fingerprint density at radius 3 is 2.65 bits per heavy atom. The molecule has 146 valence electrons. The highest BCUT2D eigenvalue weighted by atomic mass is 16.3. The number of aliphatic hydroxyl groups excluding tert-OH is 2. The molecule has 0 aliphatic heterocycles. The van der Waals surface area contributed by atoms with Gasteiger partial charge in [-0.05, 0) is 67.1 Å². The second kappa shape index (κ2) is 5.86. The molecule has 0 radical (unpaired) electrons. The molecule has 0 aromatic heterocycles. The minimum absolute atomic E-state index is 0.0703. The first-order valence-electron chi connectivity index (χ1n) is 10.3. The lowest BCUT2D eigenvalue weighted by Crippen LogP contribution is -2.69. The van der Waals surface area contributed by atoms with Crippen LogP contribution in [0, 0.1) is 34.5 Å². The summed E-state index contributed by atoms with van der Waals surface area (Å²) in [7, 11) is 0. The second-order valence-corrected chi connectivity index (χ2v) is 10.2. The van der Waals surface area contributed by atoms with Crippen LogP contribution in [0.5, 0.6) is 0 Å². The van der Waals surface area contributed by atoms with E-state index in [1.165, 1.54) is 0 Å². The molecule has 4 aliphatic rings. The summed E-state index contributed by atoms with van der Waals surface area (Å²) in [4.78, 5) is 24.4. The fourth-order valence-electron chi connectivity index (χ4n) is 7.88. The van der Waals surface area contributed by atoms with E-state index in [1.807, 2.05) is 0 Å². The van der Waals surface area contributed by atoms with Crippen LogP contribution in [0.3, 0.4) is 0 Å². The SMILES string of the molecule is C[C@]12C[C@H](O)C3[C@@H](CC[C@@]4(N)CC(=O)CC[C@]34C)[C@@H]1CCC2C(=O)CO. The van der Waals surface area contributed by atoms with Crippen LogP contribution in [0.1, 0.15) is 65.2 Å². The average molecular weight is 363 g/mol. The zero-order valence-electron chi connectivity index (χ0n) is 16.0. The maximum absolute atomic E-state index is 12.3. The van der Waals surface area contributed by atoms with Crippen LogP contribution in [-0.2, 0) is 9.59 Å². The van der Waals surface area contributed by atoms with Gasteiger partial charge in [0.15, 0.2) is 5.78 Å². The van der Waals surface area contributed by atoms with Gasteiger partial charge in [0.05, 0.1) is 6.10 Å². The first-order valence-corrected chi connectivity index (χ1v) is 10.3. The number of Topliss-reactive ketones (excluding diaryl/α,β-unsaturated/α-hetero) is 2. The van der Waals surface area contributed by atoms with E-state index in [0.29, 0.717) is 31.1 Å². The molecule has 0 bridgehead atoms. The van der Waals surface area contributed by atoms with Crippen molar-refractivity contribution in [2.75, 3.05) is 6.61 Å². The number of hydrogen-bond acceptors (Lipinski definition) is 5. The third kappa shape index (κ3) is 2.26. The van der Waals surface area contributed by atoms with Crippen LogP contribution in [0.15, 0.2) is 0 Å². The van der Waals surface area contributed by atoms with Crippen LogP contribution in [0.25, 0.3) is 0 Å². The van der Waals surface area contributed by atoms with Crippen LogP contribution in [0.2, 0.25) is 0 Å². The van der Waals surface area contributed by atoms with Gasteiger partial charge in [-0.25, -0.2) is 0 Å². The van der Waals surface area contributed by atoms with Crippen molar-refractivity contribution in [1.82, 2.24) is 0 Å². The molecule has 4 aliphatic carbocycles. The number of fused-ring (bicyclic) bond motifs is 5. The highest BCUT2D eigenvalue weighted by molar-refractivity contribution is 5.83. The number of carbonyl (C=O) groups is 2. The Morgan fingerprint density at radius 1 is 1.23 bits per heavy atom. The summed E-state index contributed by atoms with van der Waals surface area (Å²) in [6.07, 6.45) is 5.46. The molecule has 4 N–H and O–H groups in total. The molecular formula is C21H33NO4. The summed E-state index contributed by atoms with van der Waals surface area (Å²) in [5.41, 5.74) is 5.86. The summed E-state index contributed by atoms with van der Waals surface area (Å²) in [5, 5.41) is 20.7. The molecule has 0 aromatic carbocycles. The Labute approximate surface area is 155 Å². The third-order valence-electron chi connectivity index (χ3n) is 9.23. The van der Waals surface area contributed by atoms with E-state index in [4.69, 9.17) is 5.73 Å². The molecule has 4 saturated carbocycles. The maximum atomic E-state index is 12.3. The molecule has 0 aromatic rings. The Morgan fingerprint density at radius 2 is 1.96 bits per heavy atom. The van der Waals surface area contributed by atoms with Gasteiger partial charge in [-0.2, -0.15) is 0 Å². The number of aliphatic hydroxyl groups is 2. The lowest BCUT2D eigenvalue weighted by Gasteiger charge is -2.65. The molecule has 2 unspecified atom stereocenters. The van der Waals surface area contributed by atoms with Crippen molar-refractivity contribution in [3.63, 3.8) is 0 Å². The van der Waals surface area contributed by atoms with Crippen LogP contribution >= 0.6 is 0 Å². The molecule has 4 rings (SSSR count). The predicted octanol–water partition coefficient (Wildman–Crippen LogP) is 1.83. The van der Waals surface area contributed by atoms with Gasteiger partial charge >= 0.3 is 0 Å². The monoisotopic (exact) mass is 363 g/mol. The van der Waals surface area contributed by atoms with Gasteiger partial charge in [0.1, 0.15) is 12.4 Å². The van der Waals surface area contributed by atoms with Gasteiger partial charge in [0.25, 0.3) is 0 Å². The lowest BCUT2D eigenvalue weighted by molar-refractivity contribution is -0.180. The second-order valence-electron chi connectivity index (χ2n) is 10.2. The van der Waals surface area contributed by atoms with E-state index in [-0.39, 0.29) is 34.2 Å². The van der Waals surface area contributed by atoms with Crippen LogP contribution in [-0.4, -0.2) is 40.0 Å². The molecule has 0 heterocycles. The van der Waals surface area contributed by atoms with E-state index in [9.17, 15) is 19.8 Å². The van der Waals surface area contributed by atoms with Gasteiger partial charge in [-0.1, -0.05) is 13.8 Å². The van der Waals surface area contributed by atoms with Gasteiger partial charge in [0.2, 0.25) is 0 Å². The molecule has 0 amide bonds. The van der Waals surface area contributed by atoms with Crippen molar-refractivity contribution in [3.8, 4) is 0 Å². The molecule has 4 fully saturated rings. The van der Waals surface area contributed by atoms with E-state index < -0.39 is 18.2 Å². The number of hydrogen-bond donors (Lipinski definition) is 3. The predicted molar refractivity (Wildman–Crippen MR) is 97.1 cm³/mol. The first kappa shape index (κ1) is 18.6. The van der Waals surface area contributed by atoms with Crippen molar-refractivity contribution in [3.05, 3.63) is 0 Å². The lowest BCUT2D eigenvalue weighted by atomic mass is 9.42. The fourth-order valence-corrected chi connectivity index (χ4v) is 7.88. The summed E-state index contributed by atoms with van der Waals surface area (Å²) in [5.74, 6) is 0.909. The molecular weight excluding hydrogens is 330 g/mol. The minimum Gasteiger partial charge on any atom is -0.393 e. The van der Waals surface area contributed by atoms with E-state index in [2.05, 4.69) is 13.8 Å². The topological polar surface area (TPSA) is 101 Å². The minimum atomic E-state index is -0.503. The van der Waals surface area contributed by atoms with E-state index in [1.54, 1.807) is 0 Å². The molecule has 5 heteroatoms. The standard InChI is InChI=1S/C21H33NO4/c1-19-10-16(25)18-13(14(19)3-4-15(19)17(26)11-23)6-8-21(22)9-12(24)5-7-20(18,21)2/h13-16,18,23,25H,3-11,22H2,1-2H3/t13-,14-,15?,16-,18?,19-,20+,21+/m0/s1. The van der Waals surface area contributed by atoms with Crippen molar-refractivity contribution in [2.45, 2.75) is 76.9 Å². The molecule has 0 spiro atoms. The molecule has 5 nitrogen and oxygen atoms in total. The number of nitrogens with two attached hydrogens (primary N) is 1. The van der Waals surface area contributed by atoms with Crippen molar-refractivity contribution >= 4 is 11.6 Å². The van der Waals surface area contributed by atoms with Gasteiger partial charge in [0, 0.05) is 24.3 Å². The summed E-state index contributed by atoms with van der Waals surface area (Å²) < 4.78 is 0. The summed E-state index contributed by atoms with van der Waals surface area (Å²) in [6.45, 7) is 3.95. The van der Waals surface area contributed by atoms with Crippen LogP contribution in [0.4, 0.5) is 0 Å². The summed E-state index contributed by atoms with van der Waals surface area (Å²) in [6, 6.07) is 0. The molecule has 0 saturated heterocycles. The normalized spacial score (nSPS) is 53.6. The Hall–Kier alpha value is -0.780. The largest absolute Gasteiger partial charge is 0.393 e. The Kier molecular flexibility index (Phi) is 4.18. The Balaban J connectivity index is 1.70. The van der Waals surface area contributed by atoms with Crippen molar-refractivity contribution in [2.24, 2.45) is 40.2 Å². The van der Waals surface area contributed by atoms with Gasteiger partial charge in [-0.3, -0.25) is 9.59 Å². The molecule has 26 heavy (non-hydrogen) atoms. The van der Waals surface area contributed by atoms with Gasteiger partial charge in [-0.15, -0.1) is 0 Å². The zero-order chi connectivity index (χ0) is 18.9. The van der Waals surface area contributed by atoms with Crippen molar-refractivity contribution < 1.29 is 19.8 Å².